The number of amides is 1. The van der Waals surface area contributed by atoms with E-state index in [1.54, 1.807) is 7.05 Å². The van der Waals surface area contributed by atoms with E-state index in [0.717, 1.165) is 6.42 Å². The fourth-order valence-electron chi connectivity index (χ4n) is 0.991. The number of nitrogens with one attached hydrogen (secondary N) is 1. The lowest BCUT2D eigenvalue weighted by atomic mass is 9.82. The van der Waals surface area contributed by atoms with Crippen LogP contribution in [0.2, 0.25) is 0 Å². The van der Waals surface area contributed by atoms with E-state index in [1.165, 1.54) is 4.90 Å². The minimum atomic E-state index is -0.319. The molecular formula is C7H14B2N2OS. The average molecular weight is 196 g/mol. The van der Waals surface area contributed by atoms with Crippen LogP contribution in [-0.4, -0.2) is 45.5 Å². The summed E-state index contributed by atoms with van der Waals surface area (Å²) in [4.78, 5) is 12.2. The van der Waals surface area contributed by atoms with Crippen molar-refractivity contribution in [2.75, 3.05) is 13.6 Å². The largest absolute Gasteiger partial charge is 0.366 e. The third-order valence-electron chi connectivity index (χ3n) is 2.08. The number of rotatable bonds is 5. The minimum absolute atomic E-state index is 0.192. The summed E-state index contributed by atoms with van der Waals surface area (Å²) in [6.45, 7) is 2.65. The second-order valence-electron chi connectivity index (χ2n) is 3.10. The minimum Gasteiger partial charge on any atom is -0.366 e. The summed E-state index contributed by atoms with van der Waals surface area (Å²) in [6.07, 6.45) is 0.822. The van der Waals surface area contributed by atoms with E-state index in [2.05, 4.69) is 17.9 Å². The van der Waals surface area contributed by atoms with Gasteiger partial charge in [-0.05, 0) is 24.8 Å². The smallest absolute Gasteiger partial charge is 0.277 e. The Morgan fingerprint density at radius 2 is 2.23 bits per heavy atom. The molecule has 0 heterocycles. The predicted molar refractivity (Wildman–Crippen MR) is 59.2 cm³/mol. The lowest BCUT2D eigenvalue weighted by Gasteiger charge is -2.29. The number of hydrogen-bond acceptors (Lipinski definition) is 2. The van der Waals surface area contributed by atoms with E-state index in [1.807, 2.05) is 6.92 Å². The topological polar surface area (TPSA) is 32.3 Å². The van der Waals surface area contributed by atoms with Crippen LogP contribution in [0.4, 0.5) is 4.79 Å². The number of carbonyl (C=O) groups is 1. The van der Waals surface area contributed by atoms with Gasteiger partial charge in [-0.15, -0.1) is 0 Å². The molecular weight excluding hydrogens is 182 g/mol. The third-order valence-corrected chi connectivity index (χ3v) is 2.39. The zero-order valence-corrected chi connectivity index (χ0v) is 8.92. The summed E-state index contributed by atoms with van der Waals surface area (Å²) < 4.78 is 0. The van der Waals surface area contributed by atoms with Gasteiger partial charge < -0.3 is 10.1 Å². The standard InChI is InChI=1S/C7H14B2N2OS/c1-5(3-4-10-9)6(8)11(2)7(12)13/h5-6,10H,3-4H2,1-2H3,(H,12,13). The van der Waals surface area contributed by atoms with E-state index in [-0.39, 0.29) is 17.1 Å². The van der Waals surface area contributed by atoms with E-state index in [0.29, 0.717) is 6.54 Å². The molecule has 1 N–H and O–H groups in total. The Morgan fingerprint density at radius 1 is 1.69 bits per heavy atom. The first-order valence-corrected chi connectivity index (χ1v) is 4.60. The summed E-state index contributed by atoms with van der Waals surface area (Å²) in [5.74, 6) is -0.115. The first-order valence-electron chi connectivity index (χ1n) is 4.15. The van der Waals surface area contributed by atoms with Gasteiger partial charge in [-0.25, -0.2) is 0 Å². The zero-order valence-electron chi connectivity index (χ0n) is 8.03. The van der Waals surface area contributed by atoms with Crippen LogP contribution in [0.25, 0.3) is 0 Å². The molecule has 70 valence electrons. The molecule has 0 fully saturated rings. The molecule has 0 aromatic rings. The predicted octanol–water partition coefficient (Wildman–Crippen LogP) is 0.162. The molecule has 0 aromatic heterocycles. The average Bonchev–Trinajstić information content (AvgIpc) is 2.11. The SMILES string of the molecule is [B]NCCC(C)C([B])N(C)C(=O)S. The van der Waals surface area contributed by atoms with Gasteiger partial charge in [-0.3, -0.25) is 4.79 Å². The van der Waals surface area contributed by atoms with Crippen molar-refractivity contribution in [1.82, 2.24) is 10.1 Å². The molecule has 0 aliphatic carbocycles. The molecule has 3 nitrogen and oxygen atoms in total. The summed E-state index contributed by atoms with van der Waals surface area (Å²) >= 11 is 3.68. The Balaban J connectivity index is 3.93. The Bertz CT molecular complexity index is 171. The summed E-state index contributed by atoms with van der Waals surface area (Å²) in [5.41, 5.74) is 0. The monoisotopic (exact) mass is 196 g/mol. The van der Waals surface area contributed by atoms with Crippen molar-refractivity contribution in [2.24, 2.45) is 5.92 Å². The van der Waals surface area contributed by atoms with Crippen LogP contribution in [0.5, 0.6) is 0 Å². The van der Waals surface area contributed by atoms with E-state index in [4.69, 9.17) is 15.8 Å². The van der Waals surface area contributed by atoms with Gasteiger partial charge in [0, 0.05) is 7.05 Å². The number of hydrogen-bond donors (Lipinski definition) is 2. The third kappa shape index (κ3) is 4.62. The highest BCUT2D eigenvalue weighted by Gasteiger charge is 2.17. The van der Waals surface area contributed by atoms with Gasteiger partial charge in [-0.2, -0.15) is 0 Å². The molecule has 2 unspecified atom stereocenters. The van der Waals surface area contributed by atoms with Gasteiger partial charge in [0.15, 0.2) is 7.98 Å². The summed E-state index contributed by atoms with van der Waals surface area (Å²) in [7, 11) is 12.5. The maximum absolute atomic E-state index is 10.8. The summed E-state index contributed by atoms with van der Waals surface area (Å²) in [6, 6.07) is 0. The maximum atomic E-state index is 10.8. The van der Waals surface area contributed by atoms with Crippen molar-refractivity contribution in [3.05, 3.63) is 0 Å². The molecule has 4 radical (unpaired) electrons. The number of carbonyl (C=O) groups excluding carboxylic acids is 1. The molecule has 0 spiro atoms. The van der Waals surface area contributed by atoms with Gasteiger partial charge in [0.2, 0.25) is 0 Å². The molecule has 0 aromatic carbocycles. The molecule has 0 aliphatic heterocycles. The number of thiol groups is 1. The molecule has 0 saturated carbocycles. The molecule has 0 bridgehead atoms. The van der Waals surface area contributed by atoms with Crippen molar-refractivity contribution in [3.63, 3.8) is 0 Å². The Morgan fingerprint density at radius 3 is 2.62 bits per heavy atom. The lowest BCUT2D eigenvalue weighted by Crippen LogP contribution is -2.39. The van der Waals surface area contributed by atoms with Crippen LogP contribution in [-0.2, 0) is 0 Å². The van der Waals surface area contributed by atoms with Crippen LogP contribution in [0.15, 0.2) is 0 Å². The Labute approximate surface area is 87.9 Å². The van der Waals surface area contributed by atoms with Crippen molar-refractivity contribution >= 4 is 33.7 Å². The molecule has 0 saturated heterocycles. The van der Waals surface area contributed by atoms with Gasteiger partial charge in [0.1, 0.15) is 0 Å². The maximum Gasteiger partial charge on any atom is 0.277 e. The van der Waals surface area contributed by atoms with Crippen molar-refractivity contribution < 1.29 is 4.79 Å². The fourth-order valence-corrected chi connectivity index (χ4v) is 1.12. The second kappa shape index (κ2) is 6.38. The van der Waals surface area contributed by atoms with Crippen LogP contribution in [0.3, 0.4) is 0 Å². The highest BCUT2D eigenvalue weighted by molar-refractivity contribution is 7.96. The molecule has 2 atom stereocenters. The highest BCUT2D eigenvalue weighted by atomic mass is 32.1. The summed E-state index contributed by atoms with van der Waals surface area (Å²) in [5, 5.41) is 2.22. The van der Waals surface area contributed by atoms with E-state index >= 15 is 0 Å². The molecule has 13 heavy (non-hydrogen) atoms. The molecule has 1 amide bonds. The second-order valence-corrected chi connectivity index (χ2v) is 3.49. The van der Waals surface area contributed by atoms with Crippen molar-refractivity contribution in [2.45, 2.75) is 19.3 Å². The highest BCUT2D eigenvalue weighted by Crippen LogP contribution is 2.11. The van der Waals surface area contributed by atoms with Crippen molar-refractivity contribution in [3.8, 4) is 0 Å². The van der Waals surface area contributed by atoms with E-state index < -0.39 is 0 Å². The molecule has 0 rings (SSSR count). The fraction of sp³-hybridized carbons (Fsp3) is 0.857. The van der Waals surface area contributed by atoms with Crippen LogP contribution in [0.1, 0.15) is 13.3 Å². The lowest BCUT2D eigenvalue weighted by molar-refractivity contribution is 0.217. The van der Waals surface area contributed by atoms with Crippen LogP contribution < -0.4 is 5.23 Å². The first-order chi connectivity index (χ1) is 6.00. The van der Waals surface area contributed by atoms with Crippen LogP contribution >= 0.6 is 12.6 Å². The van der Waals surface area contributed by atoms with E-state index in [9.17, 15) is 4.79 Å². The zero-order chi connectivity index (χ0) is 10.4. The first kappa shape index (κ1) is 12.9. The Hall–Kier alpha value is -0.0901. The van der Waals surface area contributed by atoms with Gasteiger partial charge in [0.25, 0.3) is 5.24 Å². The van der Waals surface area contributed by atoms with Gasteiger partial charge in [0.05, 0.1) is 7.85 Å². The normalized spacial score (nSPS) is 15.0. The Kier molecular flexibility index (Phi) is 6.33. The van der Waals surface area contributed by atoms with Gasteiger partial charge in [-0.1, -0.05) is 19.6 Å². The molecule has 0 aliphatic rings. The quantitative estimate of drug-likeness (QED) is 0.484. The van der Waals surface area contributed by atoms with Gasteiger partial charge >= 0.3 is 0 Å². The number of nitrogens with zero attached hydrogens (tertiary/aromatic N) is 1. The molecule has 6 heteroatoms. The van der Waals surface area contributed by atoms with Crippen LogP contribution in [0, 0.1) is 5.92 Å². The van der Waals surface area contributed by atoms with Crippen molar-refractivity contribution in [1.29, 1.82) is 0 Å².